The van der Waals surface area contributed by atoms with Gasteiger partial charge in [0.05, 0.1) is 13.2 Å². The minimum Gasteiger partial charge on any atom is -0.493 e. The highest BCUT2D eigenvalue weighted by atomic mass is 16.5. The minimum atomic E-state index is 0.00395. The Morgan fingerprint density at radius 2 is 1.89 bits per heavy atom. The summed E-state index contributed by atoms with van der Waals surface area (Å²) >= 11 is 0. The van der Waals surface area contributed by atoms with Crippen molar-refractivity contribution in [1.29, 1.82) is 0 Å². The molecule has 1 N–H and O–H groups in total. The molecule has 1 unspecified atom stereocenters. The number of aromatic amines is 1. The molecule has 5 heteroatoms. The molecule has 0 radical (unpaired) electrons. The van der Waals surface area contributed by atoms with Gasteiger partial charge in [0, 0.05) is 17.8 Å². The highest BCUT2D eigenvalue weighted by Crippen LogP contribution is 2.33. The summed E-state index contributed by atoms with van der Waals surface area (Å²) in [6.45, 7) is 0.769. The average molecular weight is 364 g/mol. The molecule has 1 aliphatic heterocycles. The van der Waals surface area contributed by atoms with Crippen molar-refractivity contribution in [2.75, 3.05) is 20.3 Å². The molecule has 1 aromatic heterocycles. The molecule has 0 bridgehead atoms. The van der Waals surface area contributed by atoms with E-state index in [1.165, 1.54) is 5.39 Å². The molecular weight excluding hydrogens is 340 g/mol. The zero-order valence-corrected chi connectivity index (χ0v) is 15.5. The first kappa shape index (κ1) is 17.5. The molecule has 1 amide bonds. The second-order valence-electron chi connectivity index (χ2n) is 6.85. The van der Waals surface area contributed by atoms with Crippen molar-refractivity contribution in [2.45, 2.75) is 25.3 Å². The molecule has 1 saturated heterocycles. The van der Waals surface area contributed by atoms with Gasteiger partial charge in [0.2, 0.25) is 0 Å². The van der Waals surface area contributed by atoms with Gasteiger partial charge in [-0.2, -0.15) is 0 Å². The summed E-state index contributed by atoms with van der Waals surface area (Å²) in [5.74, 6) is 1.23. The highest BCUT2D eigenvalue weighted by molar-refractivity contribution is 5.81. The average Bonchev–Trinajstić information content (AvgIpc) is 3.16. The molecule has 27 heavy (non-hydrogen) atoms. The zero-order valence-electron chi connectivity index (χ0n) is 15.5. The fourth-order valence-electron chi connectivity index (χ4n) is 3.79. The van der Waals surface area contributed by atoms with Crippen LogP contribution in [-0.4, -0.2) is 36.1 Å². The monoisotopic (exact) mass is 364 g/mol. The molecule has 3 aromatic rings. The minimum absolute atomic E-state index is 0.00395. The summed E-state index contributed by atoms with van der Waals surface area (Å²) in [4.78, 5) is 18.4. The number of ether oxygens (including phenoxy) is 2. The van der Waals surface area contributed by atoms with Crippen molar-refractivity contribution >= 4 is 16.8 Å². The molecule has 0 saturated carbocycles. The summed E-state index contributed by atoms with van der Waals surface area (Å²) in [6.07, 6.45) is 3.11. The van der Waals surface area contributed by atoms with E-state index < -0.39 is 0 Å². The topological polar surface area (TPSA) is 54.6 Å². The van der Waals surface area contributed by atoms with Crippen molar-refractivity contribution in [3.63, 3.8) is 0 Å². The number of aromatic nitrogens is 1. The first-order chi connectivity index (χ1) is 13.3. The SMILES string of the molecule is COc1ccccc1OCC(=O)N1CCCCC1c1cc2ccccc2[nH]1. The maximum Gasteiger partial charge on any atom is 0.261 e. The van der Waals surface area contributed by atoms with Crippen LogP contribution in [0.2, 0.25) is 0 Å². The summed E-state index contributed by atoms with van der Waals surface area (Å²) in [7, 11) is 1.60. The lowest BCUT2D eigenvalue weighted by molar-refractivity contribution is -0.137. The van der Waals surface area contributed by atoms with E-state index in [0.717, 1.165) is 37.0 Å². The smallest absolute Gasteiger partial charge is 0.261 e. The Kier molecular flexibility index (Phi) is 5.01. The number of amides is 1. The van der Waals surface area contributed by atoms with Gasteiger partial charge in [-0.25, -0.2) is 0 Å². The Bertz CT molecular complexity index is 901. The van der Waals surface area contributed by atoms with E-state index in [0.29, 0.717) is 11.5 Å². The third-order valence-electron chi connectivity index (χ3n) is 5.15. The number of fused-ring (bicyclic) bond motifs is 1. The number of nitrogens with zero attached hydrogens (tertiary/aromatic N) is 1. The molecule has 2 aromatic carbocycles. The number of rotatable bonds is 5. The number of hydrogen-bond acceptors (Lipinski definition) is 3. The van der Waals surface area contributed by atoms with E-state index >= 15 is 0 Å². The van der Waals surface area contributed by atoms with Crippen LogP contribution in [0.15, 0.2) is 54.6 Å². The summed E-state index contributed by atoms with van der Waals surface area (Å²) < 4.78 is 11.1. The van der Waals surface area contributed by atoms with Crippen LogP contribution in [0, 0.1) is 0 Å². The number of likely N-dealkylation sites (tertiary alicyclic amines) is 1. The molecule has 1 aliphatic rings. The zero-order chi connectivity index (χ0) is 18.6. The largest absolute Gasteiger partial charge is 0.493 e. The van der Waals surface area contributed by atoms with E-state index in [1.54, 1.807) is 7.11 Å². The number of carbonyl (C=O) groups is 1. The van der Waals surface area contributed by atoms with E-state index in [4.69, 9.17) is 9.47 Å². The molecule has 0 spiro atoms. The Morgan fingerprint density at radius 3 is 2.70 bits per heavy atom. The molecule has 140 valence electrons. The Balaban J connectivity index is 1.50. The molecule has 5 nitrogen and oxygen atoms in total. The summed E-state index contributed by atoms with van der Waals surface area (Å²) in [5, 5.41) is 1.18. The number of nitrogens with one attached hydrogen (secondary N) is 1. The van der Waals surface area contributed by atoms with Crippen LogP contribution in [0.1, 0.15) is 31.0 Å². The van der Waals surface area contributed by atoms with Gasteiger partial charge in [-0.1, -0.05) is 30.3 Å². The van der Waals surface area contributed by atoms with Crippen molar-refractivity contribution in [3.8, 4) is 11.5 Å². The van der Waals surface area contributed by atoms with E-state index in [2.05, 4.69) is 23.2 Å². The Morgan fingerprint density at radius 1 is 1.11 bits per heavy atom. The van der Waals surface area contributed by atoms with Gasteiger partial charge >= 0.3 is 0 Å². The van der Waals surface area contributed by atoms with Crippen molar-refractivity contribution in [3.05, 3.63) is 60.3 Å². The lowest BCUT2D eigenvalue weighted by Crippen LogP contribution is -2.41. The number of H-pyrrole nitrogens is 1. The standard InChI is InChI=1S/C22H24N2O3/c1-26-20-11-4-5-12-21(20)27-15-22(25)24-13-7-6-10-19(24)18-14-16-8-2-3-9-17(16)23-18/h2-5,8-9,11-12,14,19,23H,6-7,10,13,15H2,1H3. The third kappa shape index (κ3) is 3.63. The summed E-state index contributed by atoms with van der Waals surface area (Å²) in [5.41, 5.74) is 2.21. The van der Waals surface area contributed by atoms with Crippen LogP contribution in [0.25, 0.3) is 10.9 Å². The number of piperidine rings is 1. The quantitative estimate of drug-likeness (QED) is 0.734. The lowest BCUT2D eigenvalue weighted by atomic mass is 9.99. The highest BCUT2D eigenvalue weighted by Gasteiger charge is 2.29. The van der Waals surface area contributed by atoms with Crippen LogP contribution < -0.4 is 9.47 Å². The Labute approximate surface area is 158 Å². The lowest BCUT2D eigenvalue weighted by Gasteiger charge is -2.35. The van der Waals surface area contributed by atoms with Gasteiger partial charge in [-0.05, 0) is 48.9 Å². The predicted molar refractivity (Wildman–Crippen MR) is 105 cm³/mol. The van der Waals surface area contributed by atoms with Gasteiger partial charge in [0.1, 0.15) is 0 Å². The first-order valence-electron chi connectivity index (χ1n) is 9.39. The van der Waals surface area contributed by atoms with Crippen LogP contribution in [0.5, 0.6) is 11.5 Å². The van der Waals surface area contributed by atoms with E-state index in [1.807, 2.05) is 41.3 Å². The van der Waals surface area contributed by atoms with Crippen LogP contribution in [-0.2, 0) is 4.79 Å². The maximum absolute atomic E-state index is 12.9. The molecule has 2 heterocycles. The van der Waals surface area contributed by atoms with Gasteiger partial charge < -0.3 is 19.4 Å². The fourth-order valence-corrected chi connectivity index (χ4v) is 3.79. The fraction of sp³-hybridized carbons (Fsp3) is 0.318. The second kappa shape index (κ2) is 7.74. The van der Waals surface area contributed by atoms with Crippen molar-refractivity contribution in [1.82, 2.24) is 9.88 Å². The van der Waals surface area contributed by atoms with Gasteiger partial charge in [-0.3, -0.25) is 4.79 Å². The third-order valence-corrected chi connectivity index (χ3v) is 5.15. The van der Waals surface area contributed by atoms with E-state index in [9.17, 15) is 4.79 Å². The van der Waals surface area contributed by atoms with Crippen LogP contribution >= 0.6 is 0 Å². The second-order valence-corrected chi connectivity index (χ2v) is 6.85. The Hall–Kier alpha value is -2.95. The van der Waals surface area contributed by atoms with Gasteiger partial charge in [0.25, 0.3) is 5.91 Å². The predicted octanol–water partition coefficient (Wildman–Crippen LogP) is 4.31. The molecule has 0 aliphatic carbocycles. The molecule has 4 rings (SSSR count). The van der Waals surface area contributed by atoms with E-state index in [-0.39, 0.29) is 18.6 Å². The number of para-hydroxylation sites is 3. The first-order valence-corrected chi connectivity index (χ1v) is 9.39. The molecular formula is C22H24N2O3. The normalized spacial score (nSPS) is 17.1. The molecule has 1 atom stereocenters. The van der Waals surface area contributed by atoms with Crippen LogP contribution in [0.3, 0.4) is 0 Å². The van der Waals surface area contributed by atoms with Crippen LogP contribution in [0.4, 0.5) is 0 Å². The summed E-state index contributed by atoms with van der Waals surface area (Å²) in [6, 6.07) is 17.8. The van der Waals surface area contributed by atoms with Crippen molar-refractivity contribution < 1.29 is 14.3 Å². The molecule has 1 fully saturated rings. The van der Waals surface area contributed by atoms with Gasteiger partial charge in [0.15, 0.2) is 18.1 Å². The number of benzene rings is 2. The number of carbonyl (C=O) groups excluding carboxylic acids is 1. The van der Waals surface area contributed by atoms with Crippen molar-refractivity contribution in [2.24, 2.45) is 0 Å². The number of hydrogen-bond donors (Lipinski definition) is 1. The number of methoxy groups -OCH3 is 1. The van der Waals surface area contributed by atoms with Gasteiger partial charge in [-0.15, -0.1) is 0 Å². The maximum atomic E-state index is 12.9.